The SMILES string of the molecule is COc1ccc(C(C)=O)cc1CSCc1cc(=O)n2cc(C)ccc2n1. The van der Waals surface area contributed by atoms with Crippen molar-refractivity contribution < 1.29 is 9.53 Å². The average Bonchev–Trinajstić information content (AvgIpc) is 2.62. The Bertz CT molecular complexity index is 1030. The lowest BCUT2D eigenvalue weighted by atomic mass is 10.1. The lowest BCUT2D eigenvalue weighted by molar-refractivity contribution is 0.101. The van der Waals surface area contributed by atoms with Crippen LogP contribution in [0.25, 0.3) is 5.65 Å². The van der Waals surface area contributed by atoms with E-state index in [1.165, 1.54) is 0 Å². The van der Waals surface area contributed by atoms with Crippen molar-refractivity contribution >= 4 is 23.2 Å². The van der Waals surface area contributed by atoms with Gasteiger partial charge in [-0.3, -0.25) is 14.0 Å². The number of aryl methyl sites for hydroxylation is 1. The second kappa shape index (κ2) is 7.74. The molecule has 0 saturated carbocycles. The first kappa shape index (κ1) is 18.2. The Labute approximate surface area is 156 Å². The van der Waals surface area contributed by atoms with E-state index in [1.54, 1.807) is 48.5 Å². The minimum absolute atomic E-state index is 0.0263. The number of rotatable bonds is 6. The number of benzene rings is 1. The quantitative estimate of drug-likeness (QED) is 0.622. The van der Waals surface area contributed by atoms with Crippen LogP contribution in [-0.4, -0.2) is 22.3 Å². The second-order valence-corrected chi connectivity index (χ2v) is 7.08. The largest absolute Gasteiger partial charge is 0.496 e. The van der Waals surface area contributed by atoms with Gasteiger partial charge in [0, 0.05) is 34.9 Å². The Kier molecular flexibility index (Phi) is 5.42. The number of Topliss-reactive ketones (excluding diaryl/α,β-unsaturated/α-hetero) is 1. The molecule has 0 atom stereocenters. The van der Waals surface area contributed by atoms with Crippen LogP contribution in [0.15, 0.2) is 47.4 Å². The number of hydrogen-bond acceptors (Lipinski definition) is 5. The topological polar surface area (TPSA) is 60.7 Å². The summed E-state index contributed by atoms with van der Waals surface area (Å²) in [5.41, 5.74) is 3.95. The molecule has 0 fully saturated rings. The zero-order valence-electron chi connectivity index (χ0n) is 15.0. The molecule has 26 heavy (non-hydrogen) atoms. The molecule has 0 aliphatic heterocycles. The van der Waals surface area contributed by atoms with Gasteiger partial charge in [0.05, 0.1) is 12.8 Å². The van der Waals surface area contributed by atoms with E-state index in [-0.39, 0.29) is 11.3 Å². The summed E-state index contributed by atoms with van der Waals surface area (Å²) in [6.45, 7) is 3.49. The number of nitrogens with zero attached hydrogens (tertiary/aromatic N) is 2. The van der Waals surface area contributed by atoms with Crippen molar-refractivity contribution in [1.29, 1.82) is 0 Å². The third kappa shape index (κ3) is 3.96. The molecule has 0 radical (unpaired) electrons. The van der Waals surface area contributed by atoms with Gasteiger partial charge in [-0.25, -0.2) is 4.98 Å². The zero-order valence-corrected chi connectivity index (χ0v) is 15.8. The molecule has 0 bridgehead atoms. The summed E-state index contributed by atoms with van der Waals surface area (Å²) in [6, 6.07) is 10.8. The van der Waals surface area contributed by atoms with E-state index in [9.17, 15) is 9.59 Å². The van der Waals surface area contributed by atoms with Crippen molar-refractivity contribution in [2.45, 2.75) is 25.4 Å². The van der Waals surface area contributed by atoms with Gasteiger partial charge in [0.2, 0.25) is 0 Å². The van der Waals surface area contributed by atoms with Gasteiger partial charge in [-0.15, -0.1) is 0 Å². The number of thioether (sulfide) groups is 1. The number of aromatic nitrogens is 2. The van der Waals surface area contributed by atoms with Crippen LogP contribution in [-0.2, 0) is 11.5 Å². The number of hydrogen-bond donors (Lipinski definition) is 0. The Hall–Kier alpha value is -2.60. The number of ether oxygens (including phenoxy) is 1. The van der Waals surface area contributed by atoms with Crippen LogP contribution < -0.4 is 10.3 Å². The molecule has 1 aromatic carbocycles. The van der Waals surface area contributed by atoms with Crippen LogP contribution in [0.5, 0.6) is 5.75 Å². The monoisotopic (exact) mass is 368 g/mol. The smallest absolute Gasteiger partial charge is 0.258 e. The Morgan fingerprint density at radius 3 is 2.73 bits per heavy atom. The highest BCUT2D eigenvalue weighted by atomic mass is 32.2. The maximum Gasteiger partial charge on any atom is 0.258 e. The highest BCUT2D eigenvalue weighted by molar-refractivity contribution is 7.97. The van der Waals surface area contributed by atoms with Crippen molar-refractivity contribution in [1.82, 2.24) is 9.38 Å². The number of carbonyl (C=O) groups excluding carboxylic acids is 1. The van der Waals surface area contributed by atoms with Crippen molar-refractivity contribution in [3.8, 4) is 5.75 Å². The molecule has 2 aromatic heterocycles. The summed E-state index contributed by atoms with van der Waals surface area (Å²) in [6.07, 6.45) is 1.79. The van der Waals surface area contributed by atoms with Crippen LogP contribution in [0.3, 0.4) is 0 Å². The van der Waals surface area contributed by atoms with Gasteiger partial charge < -0.3 is 4.74 Å². The van der Waals surface area contributed by atoms with E-state index in [1.807, 2.05) is 31.2 Å². The van der Waals surface area contributed by atoms with Crippen molar-refractivity contribution in [2.24, 2.45) is 0 Å². The van der Waals surface area contributed by atoms with Crippen LogP contribution in [0, 0.1) is 6.92 Å². The van der Waals surface area contributed by atoms with Crippen LogP contribution in [0.2, 0.25) is 0 Å². The first-order chi connectivity index (χ1) is 12.5. The molecule has 2 heterocycles. The number of fused-ring (bicyclic) bond motifs is 1. The number of carbonyl (C=O) groups is 1. The molecular formula is C20H20N2O3S. The molecule has 6 heteroatoms. The number of ketones is 1. The van der Waals surface area contributed by atoms with Gasteiger partial charge in [-0.05, 0) is 43.7 Å². The molecule has 0 spiro atoms. The number of pyridine rings is 1. The van der Waals surface area contributed by atoms with E-state index < -0.39 is 0 Å². The Morgan fingerprint density at radius 1 is 1.19 bits per heavy atom. The lowest BCUT2D eigenvalue weighted by Crippen LogP contribution is -2.15. The molecule has 0 N–H and O–H groups in total. The fourth-order valence-electron chi connectivity index (χ4n) is 2.71. The summed E-state index contributed by atoms with van der Waals surface area (Å²) >= 11 is 1.63. The van der Waals surface area contributed by atoms with Crippen LogP contribution >= 0.6 is 11.8 Å². The molecule has 5 nitrogen and oxygen atoms in total. The predicted octanol–water partition coefficient (Wildman–Crippen LogP) is 3.65. The third-order valence-corrected chi connectivity index (χ3v) is 5.07. The maximum absolute atomic E-state index is 12.3. The molecular weight excluding hydrogens is 348 g/mol. The lowest BCUT2D eigenvalue weighted by Gasteiger charge is -2.10. The molecule has 0 saturated heterocycles. The highest BCUT2D eigenvalue weighted by Crippen LogP contribution is 2.26. The van der Waals surface area contributed by atoms with Gasteiger partial charge in [-0.1, -0.05) is 6.07 Å². The number of methoxy groups -OCH3 is 1. The van der Waals surface area contributed by atoms with Crippen molar-refractivity contribution in [3.05, 3.63) is 75.3 Å². The molecule has 0 aliphatic rings. The van der Waals surface area contributed by atoms with E-state index >= 15 is 0 Å². The minimum atomic E-state index is -0.0783. The van der Waals surface area contributed by atoms with Crippen molar-refractivity contribution in [3.63, 3.8) is 0 Å². The predicted molar refractivity (Wildman–Crippen MR) is 104 cm³/mol. The van der Waals surface area contributed by atoms with E-state index in [0.717, 1.165) is 22.6 Å². The minimum Gasteiger partial charge on any atom is -0.496 e. The zero-order chi connectivity index (χ0) is 18.7. The molecule has 0 amide bonds. The summed E-state index contributed by atoms with van der Waals surface area (Å²) in [7, 11) is 1.62. The van der Waals surface area contributed by atoms with Crippen molar-refractivity contribution in [2.75, 3.05) is 7.11 Å². The molecule has 134 valence electrons. The van der Waals surface area contributed by atoms with Crippen LogP contribution in [0.4, 0.5) is 0 Å². The van der Waals surface area contributed by atoms with Gasteiger partial charge in [0.25, 0.3) is 5.56 Å². The second-order valence-electron chi connectivity index (χ2n) is 6.10. The highest BCUT2D eigenvalue weighted by Gasteiger charge is 2.09. The molecule has 0 aliphatic carbocycles. The molecule has 0 unspecified atom stereocenters. The van der Waals surface area contributed by atoms with E-state index in [0.29, 0.717) is 22.7 Å². The van der Waals surface area contributed by atoms with E-state index in [2.05, 4.69) is 4.98 Å². The first-order valence-electron chi connectivity index (χ1n) is 8.22. The molecule has 3 aromatic rings. The van der Waals surface area contributed by atoms with Gasteiger partial charge in [0.1, 0.15) is 11.4 Å². The Morgan fingerprint density at radius 2 is 2.00 bits per heavy atom. The standard InChI is InChI=1S/C20H20N2O3S/c1-13-4-7-19-21-17(9-20(24)22(19)10-13)12-26-11-16-8-15(14(2)23)5-6-18(16)25-3/h4-10H,11-12H2,1-3H3. The van der Waals surface area contributed by atoms with Gasteiger partial charge in [-0.2, -0.15) is 11.8 Å². The summed E-state index contributed by atoms with van der Waals surface area (Å²) in [4.78, 5) is 28.4. The third-order valence-electron chi connectivity index (χ3n) is 4.05. The van der Waals surface area contributed by atoms with Gasteiger partial charge >= 0.3 is 0 Å². The average molecular weight is 368 g/mol. The van der Waals surface area contributed by atoms with Crippen LogP contribution in [0.1, 0.15) is 34.1 Å². The first-order valence-corrected chi connectivity index (χ1v) is 9.38. The summed E-state index contributed by atoms with van der Waals surface area (Å²) in [5, 5.41) is 0. The van der Waals surface area contributed by atoms with Gasteiger partial charge in [0.15, 0.2) is 5.78 Å². The fraction of sp³-hybridized carbons (Fsp3) is 0.250. The summed E-state index contributed by atoms with van der Waals surface area (Å²) < 4.78 is 6.94. The maximum atomic E-state index is 12.3. The molecule has 3 rings (SSSR count). The summed E-state index contributed by atoms with van der Waals surface area (Å²) in [5.74, 6) is 2.05. The normalized spacial score (nSPS) is 10.9. The van der Waals surface area contributed by atoms with E-state index in [4.69, 9.17) is 4.74 Å². The Balaban J connectivity index is 1.77. The fourth-order valence-corrected chi connectivity index (χ4v) is 3.61.